The number of halogens is 3. The standard InChI is InChI=1S/C17H10F3N2.C11H8N.Ir/c1-10-5-17(12-6-15(19)16(20)7-14(12)18)22-9-13(10)11-3-2-4-21-8-11;1-2-6-10(7-3-1)11-8-4-5-9-12-11;/h2-5,7-9H,1H3;1-6,8-9H;/q2*-1;. The first kappa shape index (κ1) is 25.9. The van der Waals surface area contributed by atoms with Crippen molar-refractivity contribution in [3.8, 4) is 33.6 Å². The molecule has 0 aliphatic heterocycles. The number of benzene rings is 2. The van der Waals surface area contributed by atoms with E-state index in [0.29, 0.717) is 6.07 Å². The predicted molar refractivity (Wildman–Crippen MR) is 125 cm³/mol. The fraction of sp³-hybridized carbons (Fsp3) is 0.0357. The quantitative estimate of drug-likeness (QED) is 0.159. The molecular weight excluding hydrogens is 628 g/mol. The second kappa shape index (κ2) is 12.2. The molecular formula is C28H18F3IrN3-2. The molecule has 2 aromatic carbocycles. The van der Waals surface area contributed by atoms with Gasteiger partial charge in [0.05, 0.1) is 11.6 Å². The van der Waals surface area contributed by atoms with Crippen molar-refractivity contribution in [3.05, 3.63) is 127 Å². The average Bonchev–Trinajstić information content (AvgIpc) is 2.88. The molecule has 177 valence electrons. The summed E-state index contributed by atoms with van der Waals surface area (Å²) in [4.78, 5) is 12.4. The van der Waals surface area contributed by atoms with E-state index < -0.39 is 17.5 Å². The molecule has 3 aromatic heterocycles. The number of pyridine rings is 3. The topological polar surface area (TPSA) is 38.7 Å². The van der Waals surface area contributed by atoms with Crippen LogP contribution in [0.15, 0.2) is 91.5 Å². The van der Waals surface area contributed by atoms with Gasteiger partial charge in [-0.1, -0.05) is 42.0 Å². The van der Waals surface area contributed by atoms with Crippen LogP contribution in [-0.4, -0.2) is 15.0 Å². The summed E-state index contributed by atoms with van der Waals surface area (Å²) in [5, 5.41) is 0. The Labute approximate surface area is 215 Å². The van der Waals surface area contributed by atoms with Gasteiger partial charge < -0.3 is 9.97 Å². The van der Waals surface area contributed by atoms with Crippen LogP contribution in [-0.2, 0) is 20.1 Å². The van der Waals surface area contributed by atoms with E-state index in [0.717, 1.165) is 27.9 Å². The number of hydrogen-bond donors (Lipinski definition) is 0. The van der Waals surface area contributed by atoms with Crippen molar-refractivity contribution in [2.75, 3.05) is 0 Å². The van der Waals surface area contributed by atoms with Crippen molar-refractivity contribution in [1.29, 1.82) is 0 Å². The number of aryl methyl sites for hydroxylation is 1. The Morgan fingerprint density at radius 1 is 0.771 bits per heavy atom. The van der Waals surface area contributed by atoms with Crippen LogP contribution in [0.5, 0.6) is 0 Å². The van der Waals surface area contributed by atoms with E-state index >= 15 is 0 Å². The Bertz CT molecular complexity index is 1350. The van der Waals surface area contributed by atoms with E-state index in [2.05, 4.69) is 27.1 Å². The molecule has 0 amide bonds. The Hall–Kier alpha value is -3.67. The van der Waals surface area contributed by atoms with Crippen LogP contribution in [0, 0.1) is 36.5 Å². The smallest absolute Gasteiger partial charge is 0.0756 e. The normalized spacial score (nSPS) is 10.1. The Morgan fingerprint density at radius 3 is 2.26 bits per heavy atom. The third-order valence-corrected chi connectivity index (χ3v) is 4.93. The predicted octanol–water partition coefficient (Wildman–Crippen LogP) is 6.88. The molecule has 0 unspecified atom stereocenters. The van der Waals surface area contributed by atoms with Crippen LogP contribution < -0.4 is 0 Å². The van der Waals surface area contributed by atoms with Gasteiger partial charge in [0.1, 0.15) is 0 Å². The SMILES string of the molecule is Cc1cc(-c2[c-]c(F)c(F)cc2F)ncc1-c1cccnc1.[Ir].[c-]1ccccc1-c1ccccn1. The van der Waals surface area contributed by atoms with E-state index in [1.54, 1.807) is 36.9 Å². The molecule has 0 fully saturated rings. The summed E-state index contributed by atoms with van der Waals surface area (Å²) in [6.07, 6.45) is 6.69. The number of nitrogens with zero attached hydrogens (tertiary/aromatic N) is 3. The molecule has 3 heterocycles. The van der Waals surface area contributed by atoms with E-state index in [1.807, 2.05) is 55.5 Å². The van der Waals surface area contributed by atoms with Crippen LogP contribution in [0.3, 0.4) is 0 Å². The van der Waals surface area contributed by atoms with Crippen LogP contribution in [0.2, 0.25) is 0 Å². The summed E-state index contributed by atoms with van der Waals surface area (Å²) in [5.74, 6) is -3.41. The minimum absolute atomic E-state index is 0. The van der Waals surface area contributed by atoms with Crippen molar-refractivity contribution in [1.82, 2.24) is 15.0 Å². The van der Waals surface area contributed by atoms with E-state index in [4.69, 9.17) is 0 Å². The van der Waals surface area contributed by atoms with Gasteiger partial charge in [0.2, 0.25) is 0 Å². The molecule has 0 N–H and O–H groups in total. The van der Waals surface area contributed by atoms with E-state index in [9.17, 15) is 13.2 Å². The minimum atomic E-state index is -1.27. The zero-order valence-electron chi connectivity index (χ0n) is 18.5. The van der Waals surface area contributed by atoms with Crippen LogP contribution in [0.1, 0.15) is 5.56 Å². The maximum Gasteiger partial charge on any atom is 0.0756 e. The third-order valence-electron chi connectivity index (χ3n) is 4.93. The fourth-order valence-corrected chi connectivity index (χ4v) is 3.25. The first-order chi connectivity index (χ1) is 16.5. The van der Waals surface area contributed by atoms with Gasteiger partial charge in [0, 0.05) is 61.8 Å². The first-order valence-corrected chi connectivity index (χ1v) is 10.4. The Kier molecular flexibility index (Phi) is 9.01. The molecule has 5 aromatic rings. The average molecular weight is 646 g/mol. The number of rotatable bonds is 3. The second-order valence-electron chi connectivity index (χ2n) is 7.27. The summed E-state index contributed by atoms with van der Waals surface area (Å²) in [6.45, 7) is 1.82. The van der Waals surface area contributed by atoms with Crippen LogP contribution in [0.4, 0.5) is 13.2 Å². The van der Waals surface area contributed by atoms with Gasteiger partial charge in [-0.3, -0.25) is 13.8 Å². The van der Waals surface area contributed by atoms with Gasteiger partial charge in [0.25, 0.3) is 0 Å². The Morgan fingerprint density at radius 2 is 1.60 bits per heavy atom. The summed E-state index contributed by atoms with van der Waals surface area (Å²) in [7, 11) is 0. The monoisotopic (exact) mass is 646 g/mol. The molecule has 0 atom stereocenters. The van der Waals surface area contributed by atoms with Crippen LogP contribution in [0.25, 0.3) is 33.6 Å². The molecule has 3 nitrogen and oxygen atoms in total. The molecule has 0 saturated heterocycles. The molecule has 0 saturated carbocycles. The maximum atomic E-state index is 13.8. The summed E-state index contributed by atoms with van der Waals surface area (Å²) in [6, 6.07) is 24.6. The molecule has 7 heteroatoms. The molecule has 35 heavy (non-hydrogen) atoms. The molecule has 0 bridgehead atoms. The van der Waals surface area contributed by atoms with Gasteiger partial charge in [-0.15, -0.1) is 35.9 Å². The zero-order valence-corrected chi connectivity index (χ0v) is 20.9. The molecule has 0 aliphatic carbocycles. The first-order valence-electron chi connectivity index (χ1n) is 10.4. The molecule has 0 aliphatic rings. The van der Waals surface area contributed by atoms with E-state index in [1.165, 1.54) is 0 Å². The van der Waals surface area contributed by atoms with E-state index in [-0.39, 0.29) is 31.4 Å². The summed E-state index contributed by atoms with van der Waals surface area (Å²) >= 11 is 0. The van der Waals surface area contributed by atoms with Crippen LogP contribution >= 0.6 is 0 Å². The summed E-state index contributed by atoms with van der Waals surface area (Å²) in [5.41, 5.74) is 4.53. The third kappa shape index (κ3) is 6.47. The van der Waals surface area contributed by atoms with Crippen molar-refractivity contribution in [2.24, 2.45) is 0 Å². The van der Waals surface area contributed by atoms with Crippen molar-refractivity contribution >= 4 is 0 Å². The van der Waals surface area contributed by atoms with Gasteiger partial charge in [-0.2, -0.15) is 0 Å². The Balaban J connectivity index is 0.000000223. The molecule has 1 radical (unpaired) electrons. The van der Waals surface area contributed by atoms with Crippen molar-refractivity contribution in [3.63, 3.8) is 0 Å². The van der Waals surface area contributed by atoms with Gasteiger partial charge in [-0.25, -0.2) is 4.39 Å². The van der Waals surface area contributed by atoms with Gasteiger partial charge in [-0.05, 0) is 36.0 Å². The second-order valence-corrected chi connectivity index (χ2v) is 7.27. The van der Waals surface area contributed by atoms with Gasteiger partial charge >= 0.3 is 0 Å². The fourth-order valence-electron chi connectivity index (χ4n) is 3.25. The van der Waals surface area contributed by atoms with Crippen molar-refractivity contribution < 1.29 is 33.3 Å². The molecule has 0 spiro atoms. The van der Waals surface area contributed by atoms with Crippen molar-refractivity contribution in [2.45, 2.75) is 6.92 Å². The maximum absolute atomic E-state index is 13.8. The minimum Gasteiger partial charge on any atom is -0.305 e. The largest absolute Gasteiger partial charge is 0.305 e. The number of aromatic nitrogens is 3. The summed E-state index contributed by atoms with van der Waals surface area (Å²) < 4.78 is 40.0. The zero-order chi connectivity index (χ0) is 23.9. The molecule has 5 rings (SSSR count). The van der Waals surface area contributed by atoms with Gasteiger partial charge in [0.15, 0.2) is 0 Å². The number of hydrogen-bond acceptors (Lipinski definition) is 3.